The summed E-state index contributed by atoms with van der Waals surface area (Å²) in [6.45, 7) is 0. The number of rotatable bonds is 3. The summed E-state index contributed by atoms with van der Waals surface area (Å²) in [6.07, 6.45) is 4.05. The fourth-order valence-electron chi connectivity index (χ4n) is 2.20. The summed E-state index contributed by atoms with van der Waals surface area (Å²) < 4.78 is 1.80. The number of benzene rings is 2. The van der Waals surface area contributed by atoms with E-state index in [0.29, 0.717) is 0 Å². The molecule has 4 rings (SSSR count). The minimum absolute atomic E-state index is 0.770. The summed E-state index contributed by atoms with van der Waals surface area (Å²) in [6, 6.07) is 20.1. The van der Waals surface area contributed by atoms with Gasteiger partial charge in [0, 0.05) is 5.56 Å². The van der Waals surface area contributed by atoms with E-state index in [2.05, 4.69) is 27.4 Å². The third-order valence-electron chi connectivity index (χ3n) is 3.26. The lowest BCUT2D eigenvalue weighted by molar-refractivity contribution is 0.960. The Balaban J connectivity index is 1.70. The van der Waals surface area contributed by atoms with Crippen LogP contribution in [0, 0.1) is 0 Å². The number of hydrogen-bond donors (Lipinski definition) is 0. The normalized spacial score (nSPS) is 11.5. The van der Waals surface area contributed by atoms with Crippen molar-refractivity contribution < 1.29 is 0 Å². The zero-order chi connectivity index (χ0) is 14.8. The third-order valence-corrected chi connectivity index (χ3v) is 4.12. The molecule has 0 fully saturated rings. The van der Waals surface area contributed by atoms with Gasteiger partial charge in [0.1, 0.15) is 5.01 Å². The lowest BCUT2D eigenvalue weighted by Gasteiger charge is -1.94. The van der Waals surface area contributed by atoms with Gasteiger partial charge in [-0.25, -0.2) is 0 Å². The molecule has 4 aromatic rings. The highest BCUT2D eigenvalue weighted by Gasteiger charge is 2.11. The first-order valence-electron chi connectivity index (χ1n) is 6.91. The maximum atomic E-state index is 4.59. The van der Waals surface area contributed by atoms with Gasteiger partial charge in [0.2, 0.25) is 4.96 Å². The molecule has 0 radical (unpaired) electrons. The minimum atomic E-state index is 0.770. The van der Waals surface area contributed by atoms with E-state index in [1.807, 2.05) is 60.7 Å². The molecule has 5 heteroatoms. The Morgan fingerprint density at radius 2 is 1.55 bits per heavy atom. The molecule has 106 valence electrons. The van der Waals surface area contributed by atoms with Gasteiger partial charge in [0.25, 0.3) is 0 Å². The van der Waals surface area contributed by atoms with E-state index in [0.717, 1.165) is 26.9 Å². The van der Waals surface area contributed by atoms with Crippen LogP contribution >= 0.6 is 11.3 Å². The van der Waals surface area contributed by atoms with Crippen molar-refractivity contribution in [2.45, 2.75) is 0 Å². The van der Waals surface area contributed by atoms with E-state index in [-0.39, 0.29) is 0 Å². The summed E-state index contributed by atoms with van der Waals surface area (Å²) in [7, 11) is 0. The second kappa shape index (κ2) is 5.54. The van der Waals surface area contributed by atoms with Crippen LogP contribution in [0.2, 0.25) is 0 Å². The molecule has 2 aromatic carbocycles. The van der Waals surface area contributed by atoms with Crippen LogP contribution in [0.1, 0.15) is 10.6 Å². The number of hydrogen-bond acceptors (Lipinski definition) is 4. The Morgan fingerprint density at radius 1 is 0.818 bits per heavy atom. The second-order valence-electron chi connectivity index (χ2n) is 4.77. The standard InChI is InChI=1S/C17H12N4S/c1-3-7-13(8-4-1)11-12-15-20-21-16(18-19-17(21)22-15)14-9-5-2-6-10-14/h1-12H/b12-11-. The van der Waals surface area contributed by atoms with Gasteiger partial charge in [-0.3, -0.25) is 0 Å². The van der Waals surface area contributed by atoms with E-state index in [9.17, 15) is 0 Å². The predicted octanol–water partition coefficient (Wildman–Crippen LogP) is 4.02. The summed E-state index contributed by atoms with van der Waals surface area (Å²) in [5.41, 5.74) is 2.16. The predicted molar refractivity (Wildman–Crippen MR) is 89.5 cm³/mol. The Labute approximate surface area is 131 Å². The first kappa shape index (κ1) is 12.9. The van der Waals surface area contributed by atoms with Crippen LogP contribution < -0.4 is 0 Å². The molecular weight excluding hydrogens is 292 g/mol. The molecule has 0 unspecified atom stereocenters. The van der Waals surface area contributed by atoms with Crippen LogP contribution in [-0.2, 0) is 0 Å². The Hall–Kier alpha value is -2.79. The van der Waals surface area contributed by atoms with Crippen molar-refractivity contribution in [2.75, 3.05) is 0 Å². The van der Waals surface area contributed by atoms with Crippen LogP contribution in [0.3, 0.4) is 0 Å². The van der Waals surface area contributed by atoms with Crippen molar-refractivity contribution >= 4 is 28.4 Å². The molecular formula is C17H12N4S. The number of aromatic nitrogens is 4. The minimum Gasteiger partial charge on any atom is -0.182 e. The summed E-state index contributed by atoms with van der Waals surface area (Å²) >= 11 is 1.52. The van der Waals surface area contributed by atoms with Gasteiger partial charge in [-0.15, -0.1) is 10.2 Å². The molecule has 0 aliphatic heterocycles. The molecule has 0 saturated carbocycles. The van der Waals surface area contributed by atoms with E-state index >= 15 is 0 Å². The van der Waals surface area contributed by atoms with E-state index in [1.165, 1.54) is 11.3 Å². The summed E-state index contributed by atoms with van der Waals surface area (Å²) in [5, 5.41) is 13.9. The molecule has 0 aliphatic carbocycles. The molecule has 0 saturated heterocycles. The lowest BCUT2D eigenvalue weighted by Crippen LogP contribution is -1.90. The van der Waals surface area contributed by atoms with Crippen LogP contribution in [0.25, 0.3) is 28.5 Å². The monoisotopic (exact) mass is 304 g/mol. The van der Waals surface area contributed by atoms with E-state index in [4.69, 9.17) is 0 Å². The smallest absolute Gasteiger partial charge is 0.182 e. The number of nitrogens with zero attached hydrogens (tertiary/aromatic N) is 4. The Morgan fingerprint density at radius 3 is 2.32 bits per heavy atom. The average Bonchev–Trinajstić information content (AvgIpc) is 3.15. The molecule has 2 aromatic heterocycles. The molecule has 4 nitrogen and oxygen atoms in total. The molecule has 0 bridgehead atoms. The van der Waals surface area contributed by atoms with Gasteiger partial charge in [0.05, 0.1) is 0 Å². The zero-order valence-corrected chi connectivity index (χ0v) is 12.4. The quantitative estimate of drug-likeness (QED) is 0.574. The maximum Gasteiger partial charge on any atom is 0.235 e. The third kappa shape index (κ3) is 2.42. The van der Waals surface area contributed by atoms with Crippen molar-refractivity contribution in [1.82, 2.24) is 19.8 Å². The molecule has 0 spiro atoms. The SMILES string of the molecule is C(=C/c1nn2c(-c3ccccc3)nnc2s1)/c1ccccc1. The van der Waals surface area contributed by atoms with Crippen molar-refractivity contribution in [3.63, 3.8) is 0 Å². The Bertz CT molecular complexity index is 923. The van der Waals surface area contributed by atoms with Crippen LogP contribution in [0.4, 0.5) is 0 Å². The zero-order valence-electron chi connectivity index (χ0n) is 11.6. The highest BCUT2D eigenvalue weighted by atomic mass is 32.1. The maximum absolute atomic E-state index is 4.59. The fourth-order valence-corrected chi connectivity index (χ4v) is 2.94. The fraction of sp³-hybridized carbons (Fsp3) is 0. The van der Waals surface area contributed by atoms with Gasteiger partial charge < -0.3 is 0 Å². The summed E-state index contributed by atoms with van der Waals surface area (Å²) in [4.78, 5) is 0.798. The van der Waals surface area contributed by atoms with Gasteiger partial charge in [-0.2, -0.15) is 9.61 Å². The molecule has 0 N–H and O–H groups in total. The van der Waals surface area contributed by atoms with Gasteiger partial charge in [0.15, 0.2) is 5.82 Å². The number of fused-ring (bicyclic) bond motifs is 1. The molecule has 2 heterocycles. The molecule has 0 aliphatic rings. The van der Waals surface area contributed by atoms with Gasteiger partial charge >= 0.3 is 0 Å². The largest absolute Gasteiger partial charge is 0.235 e. The van der Waals surface area contributed by atoms with Crippen LogP contribution in [0.15, 0.2) is 60.7 Å². The summed E-state index contributed by atoms with van der Waals surface area (Å²) in [5.74, 6) is 0.770. The van der Waals surface area contributed by atoms with E-state index in [1.54, 1.807) is 4.52 Å². The highest BCUT2D eigenvalue weighted by Crippen LogP contribution is 2.22. The van der Waals surface area contributed by atoms with Crippen LogP contribution in [-0.4, -0.2) is 19.8 Å². The molecule has 0 amide bonds. The van der Waals surface area contributed by atoms with Crippen molar-refractivity contribution in [2.24, 2.45) is 0 Å². The highest BCUT2D eigenvalue weighted by molar-refractivity contribution is 7.17. The molecule has 0 atom stereocenters. The first-order chi connectivity index (χ1) is 10.9. The molecule has 22 heavy (non-hydrogen) atoms. The van der Waals surface area contributed by atoms with Gasteiger partial charge in [-0.05, 0) is 11.6 Å². The van der Waals surface area contributed by atoms with Crippen molar-refractivity contribution in [3.05, 3.63) is 71.2 Å². The second-order valence-corrected chi connectivity index (χ2v) is 5.76. The van der Waals surface area contributed by atoms with E-state index < -0.39 is 0 Å². The first-order valence-corrected chi connectivity index (χ1v) is 7.72. The lowest BCUT2D eigenvalue weighted by atomic mass is 10.2. The average molecular weight is 304 g/mol. The Kier molecular flexibility index (Phi) is 3.25. The van der Waals surface area contributed by atoms with Crippen molar-refractivity contribution in [3.8, 4) is 11.4 Å². The van der Waals surface area contributed by atoms with Crippen molar-refractivity contribution in [1.29, 1.82) is 0 Å². The topological polar surface area (TPSA) is 43.1 Å². The van der Waals surface area contributed by atoms with Gasteiger partial charge in [-0.1, -0.05) is 78.1 Å². The van der Waals surface area contributed by atoms with Crippen LogP contribution in [0.5, 0.6) is 0 Å².